The fourth-order valence-electron chi connectivity index (χ4n) is 2.53. The lowest BCUT2D eigenvalue weighted by Crippen LogP contribution is -2.39. The Hall–Kier alpha value is -0.790. The lowest BCUT2D eigenvalue weighted by molar-refractivity contribution is 0.383. The van der Waals surface area contributed by atoms with Crippen LogP contribution >= 0.6 is 0 Å². The van der Waals surface area contributed by atoms with Gasteiger partial charge in [0.15, 0.2) is 0 Å². The molecule has 0 aromatic rings. The third-order valence-corrected chi connectivity index (χ3v) is 3.23. The summed E-state index contributed by atoms with van der Waals surface area (Å²) in [7, 11) is 0. The van der Waals surface area contributed by atoms with Gasteiger partial charge in [-0.1, -0.05) is 12.5 Å². The number of hydrogen-bond donors (Lipinski definition) is 0. The fraction of sp³-hybridized carbons (Fsp3) is 0.750. The predicted molar refractivity (Wildman–Crippen MR) is 60.6 cm³/mol. The third-order valence-electron chi connectivity index (χ3n) is 3.23. The van der Waals surface area contributed by atoms with Gasteiger partial charge in [-0.05, 0) is 25.7 Å². The maximum Gasteiger partial charge on any atom is 0.102 e. The molecule has 1 fully saturated rings. The molecule has 2 nitrogen and oxygen atoms in total. The van der Waals surface area contributed by atoms with Crippen LogP contribution in [0.15, 0.2) is 17.6 Å². The normalized spacial score (nSPS) is 27.6. The van der Waals surface area contributed by atoms with Gasteiger partial charge >= 0.3 is 0 Å². The summed E-state index contributed by atoms with van der Waals surface area (Å²) >= 11 is 0. The molecule has 1 atom stereocenters. The van der Waals surface area contributed by atoms with Gasteiger partial charge in [-0.25, -0.2) is 0 Å². The predicted octanol–water partition coefficient (Wildman–Crippen LogP) is 2.47. The summed E-state index contributed by atoms with van der Waals surface area (Å²) in [5, 5.41) is 0. The molecule has 14 heavy (non-hydrogen) atoms. The van der Waals surface area contributed by atoms with Crippen LogP contribution in [0.1, 0.15) is 32.1 Å². The van der Waals surface area contributed by atoms with Crippen LogP contribution in [0, 0.1) is 5.92 Å². The first-order valence-corrected chi connectivity index (χ1v) is 5.82. The third kappa shape index (κ3) is 1.99. The number of fused-ring (bicyclic) bond motifs is 1. The van der Waals surface area contributed by atoms with E-state index < -0.39 is 0 Å². The molecule has 2 heterocycles. The van der Waals surface area contributed by atoms with Crippen LogP contribution < -0.4 is 0 Å². The van der Waals surface area contributed by atoms with Crippen molar-refractivity contribution >= 4 is 5.84 Å². The average molecular weight is 192 g/mol. The fourth-order valence-corrected chi connectivity index (χ4v) is 2.53. The minimum absolute atomic E-state index is 0.662. The van der Waals surface area contributed by atoms with E-state index in [1.807, 2.05) is 6.08 Å². The highest BCUT2D eigenvalue weighted by molar-refractivity contribution is 5.85. The zero-order chi connectivity index (χ0) is 9.80. The molecule has 0 radical (unpaired) electrons. The highest BCUT2D eigenvalue weighted by Gasteiger charge is 2.25. The Labute approximate surface area is 86.7 Å². The Morgan fingerprint density at radius 1 is 1.36 bits per heavy atom. The van der Waals surface area contributed by atoms with Crippen LogP contribution in [-0.2, 0) is 0 Å². The molecule has 78 valence electrons. The molecule has 0 spiro atoms. The smallest absolute Gasteiger partial charge is 0.102 e. The minimum atomic E-state index is 0.662. The van der Waals surface area contributed by atoms with Crippen molar-refractivity contribution in [3.05, 3.63) is 12.7 Å². The first-order chi connectivity index (χ1) is 6.92. The van der Waals surface area contributed by atoms with Gasteiger partial charge in [0.1, 0.15) is 5.84 Å². The summed E-state index contributed by atoms with van der Waals surface area (Å²) in [6.07, 6.45) is 8.40. The van der Waals surface area contributed by atoms with E-state index in [0.29, 0.717) is 5.92 Å². The summed E-state index contributed by atoms with van der Waals surface area (Å²) in [6.45, 7) is 7.35. The van der Waals surface area contributed by atoms with E-state index in [9.17, 15) is 0 Å². The van der Waals surface area contributed by atoms with Crippen molar-refractivity contribution in [3.63, 3.8) is 0 Å². The largest absolute Gasteiger partial charge is 0.360 e. The van der Waals surface area contributed by atoms with Crippen molar-refractivity contribution < 1.29 is 0 Å². The van der Waals surface area contributed by atoms with E-state index >= 15 is 0 Å². The highest BCUT2D eigenvalue weighted by atomic mass is 15.2. The molecule has 0 aromatic carbocycles. The molecule has 0 bridgehead atoms. The second kappa shape index (κ2) is 4.63. The van der Waals surface area contributed by atoms with Gasteiger partial charge in [0.25, 0.3) is 0 Å². The minimum Gasteiger partial charge on any atom is -0.360 e. The molecule has 0 saturated carbocycles. The van der Waals surface area contributed by atoms with Crippen LogP contribution in [0.4, 0.5) is 0 Å². The van der Waals surface area contributed by atoms with E-state index in [-0.39, 0.29) is 0 Å². The lowest BCUT2D eigenvalue weighted by atomic mass is 9.97. The van der Waals surface area contributed by atoms with Crippen molar-refractivity contribution in [2.24, 2.45) is 10.9 Å². The van der Waals surface area contributed by atoms with Crippen LogP contribution in [-0.4, -0.2) is 30.4 Å². The molecule has 1 unspecified atom stereocenters. The number of rotatable bonds is 2. The van der Waals surface area contributed by atoms with Gasteiger partial charge < -0.3 is 4.90 Å². The van der Waals surface area contributed by atoms with Crippen LogP contribution in [0.2, 0.25) is 0 Å². The molecule has 0 aromatic heterocycles. The quantitative estimate of drug-likeness (QED) is 0.614. The number of aliphatic imine (C=N–C) groups is 1. The van der Waals surface area contributed by atoms with E-state index in [1.54, 1.807) is 0 Å². The van der Waals surface area contributed by atoms with Crippen LogP contribution in [0.25, 0.3) is 0 Å². The molecule has 2 rings (SSSR count). The zero-order valence-corrected chi connectivity index (χ0v) is 8.91. The summed E-state index contributed by atoms with van der Waals surface area (Å²) in [4.78, 5) is 7.21. The average Bonchev–Trinajstić information content (AvgIpc) is 2.42. The van der Waals surface area contributed by atoms with Crippen molar-refractivity contribution in [1.82, 2.24) is 4.90 Å². The Balaban J connectivity index is 2.13. The Morgan fingerprint density at radius 2 is 2.21 bits per heavy atom. The summed E-state index contributed by atoms with van der Waals surface area (Å²) < 4.78 is 0. The molecular weight excluding hydrogens is 172 g/mol. The number of allylic oxidation sites excluding steroid dienone is 1. The second-order valence-electron chi connectivity index (χ2n) is 4.30. The van der Waals surface area contributed by atoms with Crippen molar-refractivity contribution in [2.45, 2.75) is 32.1 Å². The number of nitrogens with zero attached hydrogens (tertiary/aromatic N) is 2. The molecule has 0 N–H and O–H groups in total. The molecule has 2 aliphatic heterocycles. The molecule has 0 aliphatic carbocycles. The van der Waals surface area contributed by atoms with Crippen LogP contribution in [0.5, 0.6) is 0 Å². The van der Waals surface area contributed by atoms with Crippen molar-refractivity contribution in [1.29, 1.82) is 0 Å². The van der Waals surface area contributed by atoms with Gasteiger partial charge in [0.2, 0.25) is 0 Å². The SMILES string of the molecule is C=CCC1CCCCN2CCCN=C12. The maximum absolute atomic E-state index is 4.71. The lowest BCUT2D eigenvalue weighted by Gasteiger charge is -2.31. The maximum atomic E-state index is 4.71. The van der Waals surface area contributed by atoms with E-state index in [2.05, 4.69) is 11.5 Å². The molecule has 2 aliphatic rings. The van der Waals surface area contributed by atoms with E-state index in [0.717, 1.165) is 13.0 Å². The molecule has 1 saturated heterocycles. The van der Waals surface area contributed by atoms with Gasteiger partial charge in [-0.15, -0.1) is 6.58 Å². The number of hydrogen-bond acceptors (Lipinski definition) is 2. The van der Waals surface area contributed by atoms with Gasteiger partial charge in [-0.2, -0.15) is 0 Å². The monoisotopic (exact) mass is 192 g/mol. The molecular formula is C12H20N2. The van der Waals surface area contributed by atoms with E-state index in [1.165, 1.54) is 44.6 Å². The molecule has 0 amide bonds. The van der Waals surface area contributed by atoms with E-state index in [4.69, 9.17) is 4.99 Å². The van der Waals surface area contributed by atoms with Gasteiger partial charge in [-0.3, -0.25) is 4.99 Å². The molecule has 2 heteroatoms. The van der Waals surface area contributed by atoms with Crippen LogP contribution in [0.3, 0.4) is 0 Å². The van der Waals surface area contributed by atoms with Crippen molar-refractivity contribution in [2.75, 3.05) is 19.6 Å². The first-order valence-electron chi connectivity index (χ1n) is 5.82. The summed E-state index contributed by atoms with van der Waals surface area (Å²) in [5.74, 6) is 2.05. The van der Waals surface area contributed by atoms with Crippen molar-refractivity contribution in [3.8, 4) is 0 Å². The Bertz CT molecular complexity index is 232. The Morgan fingerprint density at radius 3 is 3.07 bits per heavy atom. The topological polar surface area (TPSA) is 15.6 Å². The summed E-state index contributed by atoms with van der Waals surface area (Å²) in [6, 6.07) is 0. The highest BCUT2D eigenvalue weighted by Crippen LogP contribution is 2.24. The standard InChI is InChI=1S/C12H20N2/c1-2-6-11-7-3-4-9-14-10-5-8-13-12(11)14/h2,11H,1,3-10H2. The summed E-state index contributed by atoms with van der Waals surface area (Å²) in [5.41, 5.74) is 0. The van der Waals surface area contributed by atoms with Gasteiger partial charge in [0.05, 0.1) is 0 Å². The zero-order valence-electron chi connectivity index (χ0n) is 8.91. The van der Waals surface area contributed by atoms with Gasteiger partial charge in [0, 0.05) is 25.6 Å². The number of amidine groups is 1. The second-order valence-corrected chi connectivity index (χ2v) is 4.30. The Kier molecular flexibility index (Phi) is 3.22. The first kappa shape index (κ1) is 9.75.